The van der Waals surface area contributed by atoms with Crippen molar-refractivity contribution < 1.29 is 9.90 Å². The number of thioether (sulfide) groups is 1. The Bertz CT molecular complexity index is 415. The maximum absolute atomic E-state index is 11.6. The summed E-state index contributed by atoms with van der Waals surface area (Å²) >= 11 is 1.68. The van der Waals surface area contributed by atoms with E-state index in [2.05, 4.69) is 5.32 Å². The summed E-state index contributed by atoms with van der Waals surface area (Å²) in [6, 6.07) is 9.63. The van der Waals surface area contributed by atoms with Crippen molar-refractivity contribution in [3.05, 3.63) is 42.0 Å². The van der Waals surface area contributed by atoms with E-state index in [0.29, 0.717) is 6.42 Å². The van der Waals surface area contributed by atoms with E-state index in [4.69, 9.17) is 0 Å². The van der Waals surface area contributed by atoms with Crippen molar-refractivity contribution in [2.45, 2.75) is 18.9 Å². The van der Waals surface area contributed by atoms with Crippen LogP contribution < -0.4 is 5.32 Å². The summed E-state index contributed by atoms with van der Waals surface area (Å²) in [4.78, 5) is 11.6. The van der Waals surface area contributed by atoms with Gasteiger partial charge in [-0.25, -0.2) is 0 Å². The monoisotopic (exact) mass is 279 g/mol. The van der Waals surface area contributed by atoms with Gasteiger partial charge in [-0.1, -0.05) is 30.3 Å². The summed E-state index contributed by atoms with van der Waals surface area (Å²) in [5.74, 6) is 0.691. The minimum absolute atomic E-state index is 0.187. The lowest BCUT2D eigenvalue weighted by Gasteiger charge is -2.22. The molecule has 3 nitrogen and oxygen atoms in total. The zero-order valence-corrected chi connectivity index (χ0v) is 12.2. The predicted octanol–water partition coefficient (Wildman–Crippen LogP) is 2.32. The maximum Gasteiger partial charge on any atom is 0.244 e. The van der Waals surface area contributed by atoms with Gasteiger partial charge in [0.25, 0.3) is 0 Å². The lowest BCUT2D eigenvalue weighted by molar-refractivity contribution is -0.117. The molecule has 19 heavy (non-hydrogen) atoms. The third kappa shape index (κ3) is 7.03. The molecule has 0 aliphatic carbocycles. The lowest BCUT2D eigenvalue weighted by atomic mass is 10.0. The number of nitrogens with one attached hydrogen (secondary N) is 1. The molecular formula is C15H21NO2S. The van der Waals surface area contributed by atoms with Crippen molar-refractivity contribution in [1.82, 2.24) is 5.32 Å². The molecule has 0 fully saturated rings. The van der Waals surface area contributed by atoms with Crippen molar-refractivity contribution in [3.63, 3.8) is 0 Å². The summed E-state index contributed by atoms with van der Waals surface area (Å²) < 4.78 is 0. The Kier molecular flexibility index (Phi) is 6.67. The topological polar surface area (TPSA) is 49.3 Å². The van der Waals surface area contributed by atoms with E-state index in [1.54, 1.807) is 24.8 Å². The molecule has 104 valence electrons. The zero-order chi connectivity index (χ0) is 14.1. The van der Waals surface area contributed by atoms with E-state index in [1.165, 1.54) is 6.08 Å². The highest BCUT2D eigenvalue weighted by molar-refractivity contribution is 7.98. The summed E-state index contributed by atoms with van der Waals surface area (Å²) in [7, 11) is 0. The summed E-state index contributed by atoms with van der Waals surface area (Å²) in [5.41, 5.74) is 0.131. The second kappa shape index (κ2) is 8.02. The van der Waals surface area contributed by atoms with E-state index in [0.717, 1.165) is 11.3 Å². The van der Waals surface area contributed by atoms with Gasteiger partial charge in [0.2, 0.25) is 5.91 Å². The van der Waals surface area contributed by atoms with Crippen LogP contribution in [0.2, 0.25) is 0 Å². The SMILES string of the molecule is CSCC[C@](C)(O)CNC(=O)/C=C/c1ccccc1. The fraction of sp³-hybridized carbons (Fsp3) is 0.400. The van der Waals surface area contributed by atoms with Crippen molar-refractivity contribution in [2.24, 2.45) is 0 Å². The molecule has 0 spiro atoms. The average Bonchev–Trinajstić information content (AvgIpc) is 2.42. The Morgan fingerprint density at radius 1 is 1.42 bits per heavy atom. The first-order chi connectivity index (χ1) is 9.03. The van der Waals surface area contributed by atoms with E-state index in [1.807, 2.05) is 36.6 Å². The van der Waals surface area contributed by atoms with Crippen LogP contribution in [0.3, 0.4) is 0 Å². The highest BCUT2D eigenvalue weighted by atomic mass is 32.2. The van der Waals surface area contributed by atoms with Crippen LogP contribution >= 0.6 is 11.8 Å². The normalized spacial score (nSPS) is 14.3. The molecule has 4 heteroatoms. The van der Waals surface area contributed by atoms with Crippen molar-refractivity contribution in [1.29, 1.82) is 0 Å². The lowest BCUT2D eigenvalue weighted by Crippen LogP contribution is -2.40. The third-order valence-corrected chi connectivity index (χ3v) is 3.33. The van der Waals surface area contributed by atoms with Crippen molar-refractivity contribution in [3.8, 4) is 0 Å². The second-order valence-corrected chi connectivity index (χ2v) is 5.69. The van der Waals surface area contributed by atoms with Gasteiger partial charge in [-0.05, 0) is 37.0 Å². The molecule has 0 bridgehead atoms. The Balaban J connectivity index is 2.37. The van der Waals surface area contributed by atoms with Gasteiger partial charge in [0.1, 0.15) is 0 Å². The summed E-state index contributed by atoms with van der Waals surface area (Å²) in [6.45, 7) is 2.01. The van der Waals surface area contributed by atoms with Crippen LogP contribution in [0.15, 0.2) is 36.4 Å². The molecule has 1 aromatic carbocycles. The molecule has 0 aromatic heterocycles. The molecule has 0 unspecified atom stereocenters. The standard InChI is InChI=1S/C15H21NO2S/c1-15(18,10-11-19-2)12-16-14(17)9-8-13-6-4-3-5-7-13/h3-9,18H,10-12H2,1-2H3,(H,16,17)/b9-8+/t15-/m0/s1. The van der Waals surface area contributed by atoms with E-state index in [-0.39, 0.29) is 12.5 Å². The molecule has 1 aromatic rings. The minimum Gasteiger partial charge on any atom is -0.388 e. The molecule has 0 saturated heterocycles. The van der Waals surface area contributed by atoms with Crippen LogP contribution in [0, 0.1) is 0 Å². The van der Waals surface area contributed by atoms with Crippen molar-refractivity contribution >= 4 is 23.7 Å². The van der Waals surface area contributed by atoms with Gasteiger partial charge >= 0.3 is 0 Å². The fourth-order valence-electron chi connectivity index (χ4n) is 1.48. The van der Waals surface area contributed by atoms with E-state index < -0.39 is 5.60 Å². The fourth-order valence-corrected chi connectivity index (χ4v) is 2.13. The Morgan fingerprint density at radius 3 is 2.74 bits per heavy atom. The molecule has 1 amide bonds. The number of carbonyl (C=O) groups excluding carboxylic acids is 1. The molecule has 0 heterocycles. The number of hydrogen-bond donors (Lipinski definition) is 2. The molecule has 1 atom stereocenters. The Labute approximate surface area is 119 Å². The second-order valence-electron chi connectivity index (χ2n) is 4.70. The van der Waals surface area contributed by atoms with Crippen LogP contribution in [0.5, 0.6) is 0 Å². The number of hydrogen-bond acceptors (Lipinski definition) is 3. The molecule has 0 aliphatic rings. The minimum atomic E-state index is -0.848. The number of amides is 1. The van der Waals surface area contributed by atoms with Gasteiger partial charge in [-0.3, -0.25) is 4.79 Å². The molecule has 0 saturated carbocycles. The van der Waals surface area contributed by atoms with Crippen LogP contribution in [-0.4, -0.2) is 35.2 Å². The average molecular weight is 279 g/mol. The zero-order valence-electron chi connectivity index (χ0n) is 11.4. The quantitative estimate of drug-likeness (QED) is 0.753. The maximum atomic E-state index is 11.6. The number of carbonyl (C=O) groups is 1. The van der Waals surface area contributed by atoms with E-state index in [9.17, 15) is 9.90 Å². The number of benzene rings is 1. The molecule has 0 aliphatic heterocycles. The number of rotatable bonds is 7. The summed E-state index contributed by atoms with van der Waals surface area (Å²) in [5, 5.41) is 12.7. The van der Waals surface area contributed by atoms with Gasteiger partial charge in [0.15, 0.2) is 0 Å². The van der Waals surface area contributed by atoms with Gasteiger partial charge < -0.3 is 10.4 Å². The first-order valence-electron chi connectivity index (χ1n) is 6.26. The Morgan fingerprint density at radius 2 is 2.11 bits per heavy atom. The van der Waals surface area contributed by atoms with Crippen LogP contribution in [0.1, 0.15) is 18.9 Å². The van der Waals surface area contributed by atoms with E-state index >= 15 is 0 Å². The van der Waals surface area contributed by atoms with Gasteiger partial charge in [-0.2, -0.15) is 11.8 Å². The largest absolute Gasteiger partial charge is 0.388 e. The number of aliphatic hydroxyl groups is 1. The van der Waals surface area contributed by atoms with Crippen LogP contribution in [0.25, 0.3) is 6.08 Å². The molecule has 0 radical (unpaired) electrons. The van der Waals surface area contributed by atoms with Gasteiger partial charge in [0.05, 0.1) is 5.60 Å². The first-order valence-corrected chi connectivity index (χ1v) is 7.65. The smallest absolute Gasteiger partial charge is 0.244 e. The first kappa shape index (κ1) is 15.8. The predicted molar refractivity (Wildman–Crippen MR) is 82.1 cm³/mol. The van der Waals surface area contributed by atoms with Crippen LogP contribution in [0.4, 0.5) is 0 Å². The molecule has 2 N–H and O–H groups in total. The molecule has 1 rings (SSSR count). The van der Waals surface area contributed by atoms with Gasteiger partial charge in [0, 0.05) is 12.6 Å². The summed E-state index contributed by atoms with van der Waals surface area (Å²) in [6.07, 6.45) is 5.90. The highest BCUT2D eigenvalue weighted by Crippen LogP contribution is 2.11. The Hall–Kier alpha value is -1.26. The highest BCUT2D eigenvalue weighted by Gasteiger charge is 2.19. The van der Waals surface area contributed by atoms with Crippen LogP contribution in [-0.2, 0) is 4.79 Å². The van der Waals surface area contributed by atoms with Crippen molar-refractivity contribution in [2.75, 3.05) is 18.6 Å². The van der Waals surface area contributed by atoms with Gasteiger partial charge in [-0.15, -0.1) is 0 Å². The molecular weight excluding hydrogens is 258 g/mol. The third-order valence-electron chi connectivity index (χ3n) is 2.71.